The first-order valence-electron chi connectivity index (χ1n) is 9.51. The summed E-state index contributed by atoms with van der Waals surface area (Å²) in [4.78, 5) is 2.15. The van der Waals surface area contributed by atoms with E-state index in [1.165, 1.54) is 31.7 Å². The van der Waals surface area contributed by atoms with E-state index in [1.54, 1.807) is 12.1 Å². The normalized spacial score (nSPS) is 21.3. The number of alkyl halides is 3. The molecular weight excluding hydrogens is 363 g/mol. The van der Waals surface area contributed by atoms with E-state index < -0.39 is 12.6 Å². The molecule has 1 N–H and O–H groups in total. The van der Waals surface area contributed by atoms with Gasteiger partial charge in [0.1, 0.15) is 0 Å². The highest BCUT2D eigenvalue weighted by Crippen LogP contribution is 2.48. The lowest BCUT2D eigenvalue weighted by molar-refractivity contribution is -0.127. The molecule has 0 aromatic heterocycles. The van der Waals surface area contributed by atoms with Gasteiger partial charge in [-0.05, 0) is 74.0 Å². The van der Waals surface area contributed by atoms with Crippen molar-refractivity contribution in [2.75, 3.05) is 24.6 Å². The van der Waals surface area contributed by atoms with Crippen molar-refractivity contribution >= 4 is 17.3 Å². The molecule has 2 aliphatic rings. The summed E-state index contributed by atoms with van der Waals surface area (Å²) in [5.41, 5.74) is 1.37. The fraction of sp³-hybridized carbons (Fsp3) is 0.700. The molecule has 1 aliphatic heterocycles. The lowest BCUT2D eigenvalue weighted by Gasteiger charge is -2.46. The molecule has 1 saturated heterocycles. The van der Waals surface area contributed by atoms with Gasteiger partial charge < -0.3 is 10.0 Å². The first kappa shape index (κ1) is 19.8. The van der Waals surface area contributed by atoms with E-state index in [2.05, 4.69) is 4.90 Å². The van der Waals surface area contributed by atoms with Crippen molar-refractivity contribution in [2.24, 2.45) is 11.3 Å². The monoisotopic (exact) mass is 389 g/mol. The van der Waals surface area contributed by atoms with E-state index in [1.807, 2.05) is 0 Å². The summed E-state index contributed by atoms with van der Waals surface area (Å²) in [6.07, 6.45) is 2.69. The predicted molar refractivity (Wildman–Crippen MR) is 98.8 cm³/mol. The summed E-state index contributed by atoms with van der Waals surface area (Å²) in [5, 5.41) is 9.64. The molecule has 1 heterocycles. The van der Waals surface area contributed by atoms with Crippen LogP contribution in [0.3, 0.4) is 0 Å². The summed E-state index contributed by atoms with van der Waals surface area (Å²) in [6, 6.07) is 4.65. The molecule has 2 fully saturated rings. The number of aliphatic hydroxyl groups is 1. The Morgan fingerprint density at radius 3 is 2.35 bits per heavy atom. The Labute approximate surface area is 158 Å². The number of aliphatic hydroxyl groups excluding tert-OH is 1. The van der Waals surface area contributed by atoms with Crippen molar-refractivity contribution in [3.63, 3.8) is 0 Å². The van der Waals surface area contributed by atoms with Crippen LogP contribution in [0.15, 0.2) is 18.2 Å². The fourth-order valence-corrected chi connectivity index (χ4v) is 4.86. The highest BCUT2D eigenvalue weighted by atomic mass is 35.5. The molecule has 0 bridgehead atoms. The molecule has 26 heavy (non-hydrogen) atoms. The summed E-state index contributed by atoms with van der Waals surface area (Å²) >= 11 is 6.29. The Hall–Kier alpha value is -0.940. The largest absolute Gasteiger partial charge is 0.396 e. The van der Waals surface area contributed by atoms with Crippen molar-refractivity contribution in [3.05, 3.63) is 28.8 Å². The Bertz CT molecular complexity index is 602. The standard InChI is InChI=1S/C20H27ClF3NO/c21-17-2-1-16(14-20(22,23)24)13-18(17)25-10-8-19(9-11-25)6-3-15(4-7-19)5-12-26/h1-2,13,15,26H,3-12,14H2. The average molecular weight is 390 g/mol. The quantitative estimate of drug-likeness (QED) is 0.724. The van der Waals surface area contributed by atoms with E-state index in [-0.39, 0.29) is 12.2 Å². The van der Waals surface area contributed by atoms with Gasteiger partial charge >= 0.3 is 6.18 Å². The van der Waals surface area contributed by atoms with E-state index in [4.69, 9.17) is 16.7 Å². The van der Waals surface area contributed by atoms with Gasteiger partial charge in [0, 0.05) is 19.7 Å². The van der Waals surface area contributed by atoms with E-state index in [9.17, 15) is 13.2 Å². The van der Waals surface area contributed by atoms with Crippen LogP contribution in [0, 0.1) is 11.3 Å². The summed E-state index contributed by atoms with van der Waals surface area (Å²) in [6.45, 7) is 1.97. The Morgan fingerprint density at radius 2 is 1.77 bits per heavy atom. The second kappa shape index (κ2) is 7.97. The van der Waals surface area contributed by atoms with E-state index in [0.29, 0.717) is 16.4 Å². The second-order valence-electron chi connectivity index (χ2n) is 8.02. The number of benzene rings is 1. The van der Waals surface area contributed by atoms with Crippen LogP contribution in [0.2, 0.25) is 5.02 Å². The third-order valence-corrected chi connectivity index (χ3v) is 6.60. The highest BCUT2D eigenvalue weighted by Gasteiger charge is 2.38. The predicted octanol–water partition coefficient (Wildman–Crippen LogP) is 5.60. The zero-order valence-corrected chi connectivity index (χ0v) is 15.7. The zero-order chi connectivity index (χ0) is 18.8. The molecule has 1 spiro atoms. The molecule has 2 nitrogen and oxygen atoms in total. The number of hydrogen-bond acceptors (Lipinski definition) is 2. The summed E-state index contributed by atoms with van der Waals surface area (Å²) in [5.74, 6) is 0.650. The van der Waals surface area contributed by atoms with Gasteiger partial charge in [-0.1, -0.05) is 17.7 Å². The van der Waals surface area contributed by atoms with Gasteiger partial charge in [0.05, 0.1) is 17.1 Å². The van der Waals surface area contributed by atoms with Gasteiger partial charge in [-0.2, -0.15) is 13.2 Å². The minimum atomic E-state index is -4.20. The zero-order valence-electron chi connectivity index (χ0n) is 15.0. The molecule has 0 atom stereocenters. The average Bonchev–Trinajstić information content (AvgIpc) is 2.59. The molecule has 1 aromatic carbocycles. The van der Waals surface area contributed by atoms with Crippen LogP contribution in [0.5, 0.6) is 0 Å². The van der Waals surface area contributed by atoms with Gasteiger partial charge in [-0.3, -0.25) is 0 Å². The third-order valence-electron chi connectivity index (χ3n) is 6.28. The van der Waals surface area contributed by atoms with Gasteiger partial charge in [0.15, 0.2) is 0 Å². The van der Waals surface area contributed by atoms with Crippen LogP contribution < -0.4 is 4.90 Å². The van der Waals surface area contributed by atoms with E-state index >= 15 is 0 Å². The first-order chi connectivity index (χ1) is 12.3. The molecule has 1 aliphatic carbocycles. The second-order valence-corrected chi connectivity index (χ2v) is 8.43. The maximum Gasteiger partial charge on any atom is 0.393 e. The van der Waals surface area contributed by atoms with Crippen LogP contribution in [-0.4, -0.2) is 31.0 Å². The van der Waals surface area contributed by atoms with Crippen LogP contribution in [-0.2, 0) is 6.42 Å². The van der Waals surface area contributed by atoms with Gasteiger partial charge in [-0.15, -0.1) is 0 Å². The fourth-order valence-electron chi connectivity index (χ4n) is 4.63. The first-order valence-corrected chi connectivity index (χ1v) is 9.89. The van der Waals surface area contributed by atoms with Crippen molar-refractivity contribution in [1.82, 2.24) is 0 Å². The van der Waals surface area contributed by atoms with Gasteiger partial charge in [-0.25, -0.2) is 0 Å². The van der Waals surface area contributed by atoms with Crippen molar-refractivity contribution in [2.45, 2.75) is 57.5 Å². The summed E-state index contributed by atoms with van der Waals surface area (Å²) < 4.78 is 38.0. The number of piperidine rings is 1. The number of anilines is 1. The number of hydrogen-bond donors (Lipinski definition) is 1. The van der Waals surface area contributed by atoms with Crippen molar-refractivity contribution in [3.8, 4) is 0 Å². The molecule has 1 saturated carbocycles. The van der Waals surface area contributed by atoms with Gasteiger partial charge in [0.25, 0.3) is 0 Å². The Morgan fingerprint density at radius 1 is 1.12 bits per heavy atom. The minimum Gasteiger partial charge on any atom is -0.396 e. The number of nitrogens with zero attached hydrogens (tertiary/aromatic N) is 1. The molecule has 0 radical (unpaired) electrons. The topological polar surface area (TPSA) is 23.5 Å². The molecule has 3 rings (SSSR count). The summed E-state index contributed by atoms with van der Waals surface area (Å²) in [7, 11) is 0. The SMILES string of the molecule is OCCC1CCC2(CC1)CCN(c1cc(CC(F)(F)F)ccc1Cl)CC2. The van der Waals surface area contributed by atoms with Crippen LogP contribution in [0.1, 0.15) is 50.5 Å². The number of halogens is 4. The Balaban J connectivity index is 1.62. The smallest absolute Gasteiger partial charge is 0.393 e. The maximum absolute atomic E-state index is 12.7. The van der Waals surface area contributed by atoms with Crippen molar-refractivity contribution < 1.29 is 18.3 Å². The third kappa shape index (κ3) is 4.86. The highest BCUT2D eigenvalue weighted by molar-refractivity contribution is 6.33. The lowest BCUT2D eigenvalue weighted by atomic mass is 9.65. The molecule has 6 heteroatoms. The van der Waals surface area contributed by atoms with E-state index in [0.717, 1.165) is 38.0 Å². The molecule has 1 aromatic rings. The van der Waals surface area contributed by atoms with Crippen LogP contribution in [0.4, 0.5) is 18.9 Å². The maximum atomic E-state index is 12.7. The molecule has 0 amide bonds. The Kier molecular flexibility index (Phi) is 6.07. The molecular formula is C20H27ClF3NO. The van der Waals surface area contributed by atoms with Crippen LogP contribution in [0.25, 0.3) is 0 Å². The minimum absolute atomic E-state index is 0.265. The molecule has 0 unspecified atom stereocenters. The van der Waals surface area contributed by atoms with Gasteiger partial charge in [0.2, 0.25) is 0 Å². The van der Waals surface area contributed by atoms with Crippen LogP contribution >= 0.6 is 11.6 Å². The molecule has 146 valence electrons. The number of rotatable bonds is 4. The van der Waals surface area contributed by atoms with Crippen molar-refractivity contribution in [1.29, 1.82) is 0 Å². The lowest BCUT2D eigenvalue weighted by Crippen LogP contribution is -2.42.